The van der Waals surface area contributed by atoms with Crippen molar-refractivity contribution in [1.82, 2.24) is 0 Å². The Hall–Kier alpha value is -2.25. The average molecular weight is 225 g/mol. The van der Waals surface area contributed by atoms with Crippen LogP contribution in [0.5, 0.6) is 0 Å². The molecule has 0 amide bonds. The van der Waals surface area contributed by atoms with E-state index in [1.54, 1.807) is 18.2 Å². The van der Waals surface area contributed by atoms with Crippen molar-refractivity contribution in [3.63, 3.8) is 0 Å². The van der Waals surface area contributed by atoms with E-state index in [-0.39, 0.29) is 11.3 Å². The highest BCUT2D eigenvalue weighted by Crippen LogP contribution is 2.42. The molecule has 0 N–H and O–H groups in total. The molecule has 1 heterocycles. The van der Waals surface area contributed by atoms with Gasteiger partial charge in [0.05, 0.1) is 5.57 Å². The predicted octanol–water partition coefficient (Wildman–Crippen LogP) is 2.47. The molecule has 0 atom stereocenters. The van der Waals surface area contributed by atoms with Crippen LogP contribution in [-0.2, 0) is 4.74 Å². The van der Waals surface area contributed by atoms with E-state index in [1.165, 1.54) is 6.42 Å². The standard InChI is InChI=1S/C13H11N3O/c14-7-10-6-13(4-2-1-3-5-13)17-12(10)11(8-15)9-16/h6H,1-5H2. The molecule has 2 aliphatic rings. The summed E-state index contributed by atoms with van der Waals surface area (Å²) in [6.07, 6.45) is 6.77. The van der Waals surface area contributed by atoms with Crippen LogP contribution in [0.2, 0.25) is 0 Å². The van der Waals surface area contributed by atoms with Crippen molar-refractivity contribution >= 4 is 0 Å². The number of rotatable bonds is 0. The first-order chi connectivity index (χ1) is 8.24. The van der Waals surface area contributed by atoms with E-state index < -0.39 is 5.60 Å². The summed E-state index contributed by atoms with van der Waals surface area (Å²) >= 11 is 0. The van der Waals surface area contributed by atoms with Gasteiger partial charge in [0, 0.05) is 0 Å². The second-order valence-corrected chi connectivity index (χ2v) is 4.33. The molecule has 1 saturated carbocycles. The van der Waals surface area contributed by atoms with Crippen LogP contribution in [-0.4, -0.2) is 5.60 Å². The van der Waals surface area contributed by atoms with Crippen LogP contribution in [0.3, 0.4) is 0 Å². The second-order valence-electron chi connectivity index (χ2n) is 4.33. The van der Waals surface area contributed by atoms with Gasteiger partial charge in [-0.05, 0) is 31.8 Å². The lowest BCUT2D eigenvalue weighted by molar-refractivity contribution is 0.0320. The van der Waals surface area contributed by atoms with Gasteiger partial charge in [0.25, 0.3) is 0 Å². The van der Waals surface area contributed by atoms with E-state index in [9.17, 15) is 0 Å². The molecule has 1 spiro atoms. The maximum Gasteiger partial charge on any atom is 0.172 e. The Bertz CT molecular complexity index is 500. The van der Waals surface area contributed by atoms with E-state index in [4.69, 9.17) is 20.5 Å². The Morgan fingerprint density at radius 1 is 1.12 bits per heavy atom. The minimum atomic E-state index is -0.447. The lowest BCUT2D eigenvalue weighted by atomic mass is 9.84. The molecule has 2 rings (SSSR count). The number of hydrogen-bond acceptors (Lipinski definition) is 4. The number of allylic oxidation sites excluding steroid dienone is 2. The van der Waals surface area contributed by atoms with Crippen LogP contribution >= 0.6 is 0 Å². The zero-order valence-corrected chi connectivity index (χ0v) is 9.36. The van der Waals surface area contributed by atoms with Crippen LogP contribution in [0.4, 0.5) is 0 Å². The smallest absolute Gasteiger partial charge is 0.172 e. The summed E-state index contributed by atoms with van der Waals surface area (Å²) < 4.78 is 5.76. The highest BCUT2D eigenvalue weighted by molar-refractivity contribution is 5.54. The Morgan fingerprint density at radius 3 is 2.29 bits per heavy atom. The van der Waals surface area contributed by atoms with Crippen molar-refractivity contribution in [1.29, 1.82) is 15.8 Å². The third-order valence-corrected chi connectivity index (χ3v) is 3.23. The van der Waals surface area contributed by atoms with Gasteiger partial charge in [-0.15, -0.1) is 0 Å². The van der Waals surface area contributed by atoms with E-state index in [2.05, 4.69) is 0 Å². The van der Waals surface area contributed by atoms with Crippen molar-refractivity contribution in [2.75, 3.05) is 0 Å². The van der Waals surface area contributed by atoms with Gasteiger partial charge in [-0.1, -0.05) is 6.42 Å². The lowest BCUT2D eigenvalue weighted by Crippen LogP contribution is -2.29. The molecule has 17 heavy (non-hydrogen) atoms. The topological polar surface area (TPSA) is 80.6 Å². The van der Waals surface area contributed by atoms with Crippen molar-refractivity contribution < 1.29 is 4.74 Å². The fourth-order valence-electron chi connectivity index (χ4n) is 2.41. The summed E-state index contributed by atoms with van der Waals surface area (Å²) in [6.45, 7) is 0. The quantitative estimate of drug-likeness (QED) is 0.593. The molecular weight excluding hydrogens is 214 g/mol. The number of nitriles is 3. The monoisotopic (exact) mass is 225 g/mol. The van der Waals surface area contributed by atoms with E-state index >= 15 is 0 Å². The van der Waals surface area contributed by atoms with E-state index in [0.29, 0.717) is 5.57 Å². The van der Waals surface area contributed by atoms with Crippen LogP contribution in [0.15, 0.2) is 23.0 Å². The van der Waals surface area contributed by atoms with Crippen LogP contribution in [0, 0.1) is 34.0 Å². The number of ether oxygens (including phenoxy) is 1. The van der Waals surface area contributed by atoms with Crippen LogP contribution in [0.1, 0.15) is 32.1 Å². The highest BCUT2D eigenvalue weighted by atomic mass is 16.5. The summed E-state index contributed by atoms with van der Waals surface area (Å²) in [5.41, 5.74) is -0.234. The summed E-state index contributed by atoms with van der Waals surface area (Å²) in [7, 11) is 0. The largest absolute Gasteiger partial charge is 0.480 e. The molecule has 0 unspecified atom stereocenters. The molecule has 1 aliphatic carbocycles. The van der Waals surface area contributed by atoms with Gasteiger partial charge in [-0.25, -0.2) is 0 Å². The third kappa shape index (κ3) is 1.88. The second kappa shape index (κ2) is 4.32. The molecule has 84 valence electrons. The molecular formula is C13H11N3O. The maximum atomic E-state index is 9.04. The Kier molecular flexibility index (Phi) is 2.86. The zero-order valence-electron chi connectivity index (χ0n) is 9.36. The molecule has 0 radical (unpaired) electrons. The van der Waals surface area contributed by atoms with Crippen LogP contribution in [0.25, 0.3) is 0 Å². The molecule has 4 nitrogen and oxygen atoms in total. The van der Waals surface area contributed by atoms with E-state index in [1.807, 2.05) is 6.07 Å². The van der Waals surface area contributed by atoms with Crippen molar-refractivity contribution in [2.24, 2.45) is 0 Å². The van der Waals surface area contributed by atoms with Gasteiger partial charge in [0.2, 0.25) is 0 Å². The zero-order chi connectivity index (χ0) is 12.3. The van der Waals surface area contributed by atoms with Gasteiger partial charge >= 0.3 is 0 Å². The number of nitrogens with zero attached hydrogens (tertiary/aromatic N) is 3. The van der Waals surface area contributed by atoms with Gasteiger partial charge in [0.1, 0.15) is 23.8 Å². The first-order valence-electron chi connectivity index (χ1n) is 5.61. The molecule has 4 heteroatoms. The SMILES string of the molecule is N#CC1=CC2(CCCCC2)OC1=C(C#N)C#N. The average Bonchev–Trinajstić information content (AvgIpc) is 2.70. The van der Waals surface area contributed by atoms with Gasteiger partial charge in [0.15, 0.2) is 11.3 Å². The van der Waals surface area contributed by atoms with Crippen molar-refractivity contribution in [3.05, 3.63) is 23.0 Å². The molecule has 0 aromatic carbocycles. The third-order valence-electron chi connectivity index (χ3n) is 3.23. The van der Waals surface area contributed by atoms with Crippen molar-refractivity contribution in [3.8, 4) is 18.2 Å². The normalized spacial score (nSPS) is 20.8. The number of hydrogen-bond donors (Lipinski definition) is 0. The minimum absolute atomic E-state index is 0.111. The first kappa shape index (κ1) is 11.2. The molecule has 0 bridgehead atoms. The molecule has 1 aliphatic heterocycles. The van der Waals surface area contributed by atoms with Crippen LogP contribution < -0.4 is 0 Å². The van der Waals surface area contributed by atoms with Gasteiger partial charge < -0.3 is 4.74 Å². The van der Waals surface area contributed by atoms with E-state index in [0.717, 1.165) is 25.7 Å². The Balaban J connectivity index is 2.41. The first-order valence-corrected chi connectivity index (χ1v) is 5.61. The summed E-state index contributed by atoms with van der Waals surface area (Å²) in [4.78, 5) is 0. The molecule has 0 aromatic heterocycles. The maximum absolute atomic E-state index is 9.04. The predicted molar refractivity (Wildman–Crippen MR) is 58.8 cm³/mol. The molecule has 0 aromatic rings. The Labute approximate surface area is 100 Å². The molecule has 1 fully saturated rings. The minimum Gasteiger partial charge on any atom is -0.480 e. The fourth-order valence-corrected chi connectivity index (χ4v) is 2.41. The molecule has 0 saturated heterocycles. The summed E-state index contributed by atoms with van der Waals surface area (Å²) in [5, 5.41) is 26.7. The van der Waals surface area contributed by atoms with Crippen molar-refractivity contribution in [2.45, 2.75) is 37.7 Å². The fraction of sp³-hybridized carbons (Fsp3) is 0.462. The van der Waals surface area contributed by atoms with Gasteiger partial charge in [-0.3, -0.25) is 0 Å². The summed E-state index contributed by atoms with van der Waals surface area (Å²) in [6, 6.07) is 5.57. The highest BCUT2D eigenvalue weighted by Gasteiger charge is 2.40. The lowest BCUT2D eigenvalue weighted by Gasteiger charge is -2.31. The Morgan fingerprint density at radius 2 is 1.76 bits per heavy atom. The summed E-state index contributed by atoms with van der Waals surface area (Å²) in [5.74, 6) is 0.166. The van der Waals surface area contributed by atoms with Gasteiger partial charge in [-0.2, -0.15) is 15.8 Å².